The number of carbonyl (C=O) groups excluding carboxylic acids is 1. The number of benzene rings is 1. The molecule has 0 radical (unpaired) electrons. The molecule has 0 aliphatic heterocycles. The molecule has 0 atom stereocenters. The van der Waals surface area contributed by atoms with Crippen LogP contribution in [0.3, 0.4) is 0 Å². The summed E-state index contributed by atoms with van der Waals surface area (Å²) in [4.78, 5) is 23.3. The number of amides is 1. The molecule has 0 saturated heterocycles. The SMILES string of the molecule is CCN(CC)c1nc(C)cc(C(=O)Nc2ccccc2OC)n1. The van der Waals surface area contributed by atoms with E-state index in [4.69, 9.17) is 4.74 Å². The van der Waals surface area contributed by atoms with Gasteiger partial charge in [0, 0.05) is 18.8 Å². The molecule has 0 spiro atoms. The van der Waals surface area contributed by atoms with Crippen molar-refractivity contribution < 1.29 is 9.53 Å². The third kappa shape index (κ3) is 3.97. The van der Waals surface area contributed by atoms with Crippen LogP contribution in [0.4, 0.5) is 11.6 Å². The molecule has 2 aromatic rings. The smallest absolute Gasteiger partial charge is 0.274 e. The number of para-hydroxylation sites is 2. The second-order valence-corrected chi connectivity index (χ2v) is 5.02. The van der Waals surface area contributed by atoms with Crippen LogP contribution < -0.4 is 15.0 Å². The molecular weight excluding hydrogens is 292 g/mol. The van der Waals surface area contributed by atoms with Crippen molar-refractivity contribution in [3.63, 3.8) is 0 Å². The monoisotopic (exact) mass is 314 g/mol. The lowest BCUT2D eigenvalue weighted by atomic mass is 10.2. The summed E-state index contributed by atoms with van der Waals surface area (Å²) >= 11 is 0. The third-order valence-corrected chi connectivity index (χ3v) is 3.48. The number of aryl methyl sites for hydroxylation is 1. The van der Waals surface area contributed by atoms with Gasteiger partial charge in [-0.25, -0.2) is 9.97 Å². The van der Waals surface area contributed by atoms with E-state index in [-0.39, 0.29) is 5.91 Å². The van der Waals surface area contributed by atoms with Gasteiger partial charge in [-0.1, -0.05) is 12.1 Å². The van der Waals surface area contributed by atoms with Crippen LogP contribution in [0.2, 0.25) is 0 Å². The van der Waals surface area contributed by atoms with Crippen molar-refractivity contribution in [2.75, 3.05) is 30.4 Å². The van der Waals surface area contributed by atoms with Gasteiger partial charge in [-0.05, 0) is 39.0 Å². The summed E-state index contributed by atoms with van der Waals surface area (Å²) in [6, 6.07) is 8.95. The van der Waals surface area contributed by atoms with Crippen LogP contribution in [0.25, 0.3) is 0 Å². The first-order valence-corrected chi connectivity index (χ1v) is 7.64. The average molecular weight is 314 g/mol. The van der Waals surface area contributed by atoms with E-state index >= 15 is 0 Å². The average Bonchev–Trinajstić information content (AvgIpc) is 2.56. The Kier molecular flexibility index (Phi) is 5.51. The summed E-state index contributed by atoms with van der Waals surface area (Å²) in [7, 11) is 1.57. The lowest BCUT2D eigenvalue weighted by Crippen LogP contribution is -2.26. The van der Waals surface area contributed by atoms with Crippen LogP contribution in [0, 0.1) is 6.92 Å². The zero-order chi connectivity index (χ0) is 16.8. The number of hydrogen-bond donors (Lipinski definition) is 1. The van der Waals surface area contributed by atoms with E-state index in [0.717, 1.165) is 18.8 Å². The number of hydrogen-bond acceptors (Lipinski definition) is 5. The highest BCUT2D eigenvalue weighted by atomic mass is 16.5. The van der Waals surface area contributed by atoms with Gasteiger partial charge in [0.05, 0.1) is 12.8 Å². The standard InChI is InChI=1S/C17H22N4O2/c1-5-21(6-2)17-18-12(3)11-14(20-17)16(22)19-13-9-7-8-10-15(13)23-4/h7-11H,5-6H2,1-4H3,(H,19,22). The number of aromatic nitrogens is 2. The Hall–Kier alpha value is -2.63. The summed E-state index contributed by atoms with van der Waals surface area (Å²) in [5.41, 5.74) is 1.71. The second-order valence-electron chi connectivity index (χ2n) is 5.02. The summed E-state index contributed by atoms with van der Waals surface area (Å²) in [6.07, 6.45) is 0. The molecule has 1 aromatic carbocycles. The Bertz CT molecular complexity index is 684. The quantitative estimate of drug-likeness (QED) is 0.888. The van der Waals surface area contributed by atoms with E-state index in [1.165, 1.54) is 0 Å². The minimum atomic E-state index is -0.284. The van der Waals surface area contributed by atoms with Gasteiger partial charge < -0.3 is 15.0 Å². The van der Waals surface area contributed by atoms with Crippen LogP contribution in [0.1, 0.15) is 30.0 Å². The summed E-state index contributed by atoms with van der Waals surface area (Å²) < 4.78 is 5.25. The van der Waals surface area contributed by atoms with Crippen molar-refractivity contribution in [3.8, 4) is 5.75 Å². The van der Waals surface area contributed by atoms with Gasteiger partial charge in [0.15, 0.2) is 0 Å². The van der Waals surface area contributed by atoms with Gasteiger partial charge in [-0.15, -0.1) is 0 Å². The summed E-state index contributed by atoms with van der Waals surface area (Å²) in [5, 5.41) is 2.83. The molecule has 23 heavy (non-hydrogen) atoms. The molecule has 0 aliphatic rings. The van der Waals surface area contributed by atoms with Crippen molar-refractivity contribution in [2.24, 2.45) is 0 Å². The first-order valence-electron chi connectivity index (χ1n) is 7.64. The van der Waals surface area contributed by atoms with Crippen LogP contribution in [-0.2, 0) is 0 Å². The van der Waals surface area contributed by atoms with Crippen molar-refractivity contribution >= 4 is 17.5 Å². The molecule has 0 bridgehead atoms. The Morgan fingerprint density at radius 3 is 2.57 bits per heavy atom. The second kappa shape index (κ2) is 7.58. The minimum Gasteiger partial charge on any atom is -0.495 e. The number of ether oxygens (including phenoxy) is 1. The molecule has 1 aromatic heterocycles. The Morgan fingerprint density at radius 2 is 1.91 bits per heavy atom. The van der Waals surface area contributed by atoms with Gasteiger partial charge in [0.1, 0.15) is 11.4 Å². The van der Waals surface area contributed by atoms with Crippen LogP contribution in [0.5, 0.6) is 5.75 Å². The molecule has 0 unspecified atom stereocenters. The largest absolute Gasteiger partial charge is 0.495 e. The van der Waals surface area contributed by atoms with E-state index in [1.54, 1.807) is 25.3 Å². The third-order valence-electron chi connectivity index (χ3n) is 3.48. The maximum absolute atomic E-state index is 12.5. The van der Waals surface area contributed by atoms with Crippen molar-refractivity contribution in [3.05, 3.63) is 41.7 Å². The van der Waals surface area contributed by atoms with Gasteiger partial charge in [-0.2, -0.15) is 0 Å². The number of carbonyl (C=O) groups is 1. The topological polar surface area (TPSA) is 67.4 Å². The Morgan fingerprint density at radius 1 is 1.22 bits per heavy atom. The maximum atomic E-state index is 12.5. The van der Waals surface area contributed by atoms with Gasteiger partial charge >= 0.3 is 0 Å². The van der Waals surface area contributed by atoms with Crippen LogP contribution >= 0.6 is 0 Å². The molecule has 0 saturated carbocycles. The van der Waals surface area contributed by atoms with Gasteiger partial charge in [0.2, 0.25) is 5.95 Å². The fourth-order valence-electron chi connectivity index (χ4n) is 2.25. The predicted molar refractivity (Wildman–Crippen MR) is 91.3 cm³/mol. The number of anilines is 2. The van der Waals surface area contributed by atoms with E-state index in [0.29, 0.717) is 23.1 Å². The molecule has 122 valence electrons. The molecule has 6 nitrogen and oxygen atoms in total. The van der Waals surface area contributed by atoms with E-state index in [9.17, 15) is 4.79 Å². The minimum absolute atomic E-state index is 0.284. The first kappa shape index (κ1) is 16.7. The van der Waals surface area contributed by atoms with E-state index in [2.05, 4.69) is 15.3 Å². The lowest BCUT2D eigenvalue weighted by molar-refractivity contribution is 0.102. The zero-order valence-electron chi connectivity index (χ0n) is 14.0. The fourth-order valence-corrected chi connectivity index (χ4v) is 2.25. The highest BCUT2D eigenvalue weighted by molar-refractivity contribution is 6.03. The predicted octanol–water partition coefficient (Wildman–Crippen LogP) is 2.89. The molecule has 2 rings (SSSR count). The van der Waals surface area contributed by atoms with Gasteiger partial charge in [-0.3, -0.25) is 4.79 Å². The molecule has 6 heteroatoms. The van der Waals surface area contributed by atoms with Crippen molar-refractivity contribution in [2.45, 2.75) is 20.8 Å². The van der Waals surface area contributed by atoms with E-state index in [1.807, 2.05) is 37.8 Å². The molecule has 1 amide bonds. The number of methoxy groups -OCH3 is 1. The zero-order valence-corrected chi connectivity index (χ0v) is 14.0. The van der Waals surface area contributed by atoms with Crippen LogP contribution in [-0.4, -0.2) is 36.1 Å². The number of nitrogens with zero attached hydrogens (tertiary/aromatic N) is 3. The van der Waals surface area contributed by atoms with Crippen molar-refractivity contribution in [1.82, 2.24) is 9.97 Å². The Balaban J connectivity index is 2.29. The van der Waals surface area contributed by atoms with Gasteiger partial charge in [0.25, 0.3) is 5.91 Å². The van der Waals surface area contributed by atoms with Crippen LogP contribution in [0.15, 0.2) is 30.3 Å². The summed E-state index contributed by atoms with van der Waals surface area (Å²) in [6.45, 7) is 7.49. The normalized spacial score (nSPS) is 10.3. The highest BCUT2D eigenvalue weighted by Crippen LogP contribution is 2.23. The molecule has 0 fully saturated rings. The molecule has 1 heterocycles. The Labute approximate surface area is 136 Å². The molecular formula is C17H22N4O2. The highest BCUT2D eigenvalue weighted by Gasteiger charge is 2.15. The first-order chi connectivity index (χ1) is 11.1. The number of rotatable bonds is 6. The molecule has 1 N–H and O–H groups in total. The number of nitrogens with one attached hydrogen (secondary N) is 1. The fraction of sp³-hybridized carbons (Fsp3) is 0.353. The molecule has 0 aliphatic carbocycles. The maximum Gasteiger partial charge on any atom is 0.274 e. The van der Waals surface area contributed by atoms with E-state index < -0.39 is 0 Å². The summed E-state index contributed by atoms with van der Waals surface area (Å²) in [5.74, 6) is 0.893. The lowest BCUT2D eigenvalue weighted by Gasteiger charge is -2.19. The van der Waals surface area contributed by atoms with Crippen molar-refractivity contribution in [1.29, 1.82) is 0 Å².